The average molecular weight is 212 g/mol. The van der Waals surface area contributed by atoms with Crippen molar-refractivity contribution in [3.05, 3.63) is 27.0 Å². The third-order valence-corrected chi connectivity index (χ3v) is 1.99. The van der Waals surface area contributed by atoms with E-state index in [-0.39, 0.29) is 16.9 Å². The molecule has 0 spiro atoms. The zero-order chi connectivity index (χ0) is 8.43. The molecule has 1 heterocycles. The van der Waals surface area contributed by atoms with E-state index in [4.69, 9.17) is 39.9 Å². The standard InChI is InChI=1S/C6H4Cl3NO/c7-4-1-5(8)10-6(9)3(4)2-11/h1,11H,2H2. The highest BCUT2D eigenvalue weighted by molar-refractivity contribution is 6.37. The maximum absolute atomic E-state index is 8.74. The van der Waals surface area contributed by atoms with Crippen LogP contribution in [0.1, 0.15) is 5.56 Å². The normalized spacial score (nSPS) is 10.2. The minimum absolute atomic E-state index is 0.144. The summed E-state index contributed by atoms with van der Waals surface area (Å²) in [6.45, 7) is -0.234. The van der Waals surface area contributed by atoms with E-state index in [1.54, 1.807) is 0 Å². The van der Waals surface area contributed by atoms with Crippen molar-refractivity contribution in [2.45, 2.75) is 6.61 Å². The van der Waals surface area contributed by atoms with Crippen molar-refractivity contribution in [3.63, 3.8) is 0 Å². The molecule has 0 unspecified atom stereocenters. The first kappa shape index (κ1) is 9.07. The molecule has 0 saturated carbocycles. The molecule has 0 amide bonds. The van der Waals surface area contributed by atoms with Gasteiger partial charge in [-0.25, -0.2) is 4.98 Å². The van der Waals surface area contributed by atoms with Gasteiger partial charge in [0.05, 0.1) is 11.6 Å². The lowest BCUT2D eigenvalue weighted by Crippen LogP contribution is -1.90. The van der Waals surface area contributed by atoms with Crippen LogP contribution >= 0.6 is 34.8 Å². The van der Waals surface area contributed by atoms with E-state index < -0.39 is 0 Å². The second-order valence-corrected chi connectivity index (χ2v) is 3.01. The quantitative estimate of drug-likeness (QED) is 0.726. The summed E-state index contributed by atoms with van der Waals surface area (Å²) in [6, 6.07) is 1.43. The Hall–Kier alpha value is -0.0200. The largest absolute Gasteiger partial charge is 0.392 e. The highest BCUT2D eigenvalue weighted by Gasteiger charge is 2.06. The van der Waals surface area contributed by atoms with Gasteiger partial charge in [0.2, 0.25) is 0 Å². The van der Waals surface area contributed by atoms with Crippen molar-refractivity contribution in [2.24, 2.45) is 0 Å². The fourth-order valence-electron chi connectivity index (χ4n) is 0.625. The van der Waals surface area contributed by atoms with Gasteiger partial charge in [0.15, 0.2) is 0 Å². The Bertz CT molecular complexity index is 254. The summed E-state index contributed by atoms with van der Waals surface area (Å²) in [6.07, 6.45) is 0. The van der Waals surface area contributed by atoms with Gasteiger partial charge >= 0.3 is 0 Å². The predicted octanol–water partition coefficient (Wildman–Crippen LogP) is 2.53. The highest BCUT2D eigenvalue weighted by Crippen LogP contribution is 2.25. The summed E-state index contributed by atoms with van der Waals surface area (Å²) >= 11 is 16.8. The van der Waals surface area contributed by atoms with Crippen LogP contribution in [0.15, 0.2) is 6.07 Å². The first-order valence-electron chi connectivity index (χ1n) is 2.76. The number of pyridine rings is 1. The summed E-state index contributed by atoms with van der Waals surface area (Å²) in [5, 5.41) is 9.43. The van der Waals surface area contributed by atoms with Crippen LogP contribution in [0.4, 0.5) is 0 Å². The number of hydrogen-bond donors (Lipinski definition) is 1. The number of nitrogens with zero attached hydrogens (tertiary/aromatic N) is 1. The van der Waals surface area contributed by atoms with Crippen LogP contribution in [0, 0.1) is 0 Å². The molecule has 1 N–H and O–H groups in total. The number of halogens is 3. The first-order chi connectivity index (χ1) is 5.15. The van der Waals surface area contributed by atoms with Crippen LogP contribution in [0.25, 0.3) is 0 Å². The lowest BCUT2D eigenvalue weighted by molar-refractivity contribution is 0.281. The average Bonchev–Trinajstić information content (AvgIpc) is 1.85. The van der Waals surface area contributed by atoms with Gasteiger partial charge in [-0.1, -0.05) is 34.8 Å². The minimum Gasteiger partial charge on any atom is -0.392 e. The molecule has 0 aliphatic heterocycles. The predicted molar refractivity (Wildman–Crippen MR) is 45.2 cm³/mol. The van der Waals surface area contributed by atoms with Gasteiger partial charge in [-0.2, -0.15) is 0 Å². The van der Waals surface area contributed by atoms with E-state index in [2.05, 4.69) is 4.98 Å². The molecule has 0 aliphatic carbocycles. The van der Waals surface area contributed by atoms with E-state index in [0.29, 0.717) is 10.6 Å². The zero-order valence-corrected chi connectivity index (χ0v) is 7.58. The van der Waals surface area contributed by atoms with Crippen LogP contribution in [-0.2, 0) is 6.61 Å². The molecule has 1 aromatic heterocycles. The van der Waals surface area contributed by atoms with Crippen LogP contribution in [-0.4, -0.2) is 10.1 Å². The number of aliphatic hydroxyl groups is 1. The highest BCUT2D eigenvalue weighted by atomic mass is 35.5. The van der Waals surface area contributed by atoms with E-state index in [9.17, 15) is 0 Å². The molecule has 2 nitrogen and oxygen atoms in total. The monoisotopic (exact) mass is 211 g/mol. The van der Waals surface area contributed by atoms with Crippen LogP contribution in [0.3, 0.4) is 0 Å². The smallest absolute Gasteiger partial charge is 0.137 e. The van der Waals surface area contributed by atoms with Gasteiger partial charge in [-0.15, -0.1) is 0 Å². The Kier molecular flexibility index (Phi) is 2.96. The van der Waals surface area contributed by atoms with E-state index in [1.165, 1.54) is 6.07 Å². The van der Waals surface area contributed by atoms with Crippen molar-refractivity contribution in [1.82, 2.24) is 4.98 Å². The van der Waals surface area contributed by atoms with Crippen LogP contribution in [0.2, 0.25) is 15.3 Å². The van der Waals surface area contributed by atoms with E-state index in [0.717, 1.165) is 0 Å². The molecule has 0 atom stereocenters. The number of aromatic nitrogens is 1. The van der Waals surface area contributed by atoms with E-state index in [1.807, 2.05) is 0 Å². The van der Waals surface area contributed by atoms with Gasteiger partial charge in [-0.05, 0) is 6.07 Å². The molecule has 60 valence electrons. The van der Waals surface area contributed by atoms with E-state index >= 15 is 0 Å². The Morgan fingerprint density at radius 2 is 2.00 bits per heavy atom. The number of aliphatic hydroxyl groups excluding tert-OH is 1. The molecule has 11 heavy (non-hydrogen) atoms. The fourth-order valence-corrected chi connectivity index (χ4v) is 1.47. The molecule has 0 saturated heterocycles. The van der Waals surface area contributed by atoms with Gasteiger partial charge in [-0.3, -0.25) is 0 Å². The second-order valence-electron chi connectivity index (χ2n) is 1.85. The Balaban J connectivity index is 3.25. The first-order valence-corrected chi connectivity index (χ1v) is 3.90. The molecule has 0 aromatic carbocycles. The van der Waals surface area contributed by atoms with Gasteiger partial charge in [0.1, 0.15) is 10.3 Å². The van der Waals surface area contributed by atoms with Crippen LogP contribution in [0.5, 0.6) is 0 Å². The van der Waals surface area contributed by atoms with Crippen molar-refractivity contribution in [1.29, 1.82) is 0 Å². The molecule has 1 aromatic rings. The lowest BCUT2D eigenvalue weighted by atomic mass is 10.3. The second kappa shape index (κ2) is 3.59. The zero-order valence-electron chi connectivity index (χ0n) is 5.31. The summed E-state index contributed by atoms with van der Waals surface area (Å²) < 4.78 is 0. The summed E-state index contributed by atoms with van der Waals surface area (Å²) in [4.78, 5) is 3.69. The van der Waals surface area contributed by atoms with Crippen molar-refractivity contribution >= 4 is 34.8 Å². The molecular weight excluding hydrogens is 208 g/mol. The maximum Gasteiger partial charge on any atom is 0.137 e. The van der Waals surface area contributed by atoms with Gasteiger partial charge < -0.3 is 5.11 Å². The summed E-state index contributed by atoms with van der Waals surface area (Å²) in [5.74, 6) is 0. The molecule has 0 fully saturated rings. The topological polar surface area (TPSA) is 33.1 Å². The number of hydrogen-bond acceptors (Lipinski definition) is 2. The molecule has 0 radical (unpaired) electrons. The van der Waals surface area contributed by atoms with Crippen molar-refractivity contribution in [2.75, 3.05) is 0 Å². The van der Waals surface area contributed by atoms with Crippen LogP contribution < -0.4 is 0 Å². The van der Waals surface area contributed by atoms with Crippen molar-refractivity contribution in [3.8, 4) is 0 Å². The third kappa shape index (κ3) is 1.97. The molecular formula is C6H4Cl3NO. The molecule has 1 rings (SSSR count). The Labute approximate surface area is 78.7 Å². The Morgan fingerprint density at radius 1 is 1.36 bits per heavy atom. The summed E-state index contributed by atoms with van der Waals surface area (Å²) in [7, 11) is 0. The van der Waals surface area contributed by atoms with Crippen molar-refractivity contribution < 1.29 is 5.11 Å². The minimum atomic E-state index is -0.234. The molecule has 5 heteroatoms. The lowest BCUT2D eigenvalue weighted by Gasteiger charge is -2.01. The van der Waals surface area contributed by atoms with Gasteiger partial charge in [0.25, 0.3) is 0 Å². The maximum atomic E-state index is 8.74. The molecule has 0 bridgehead atoms. The Morgan fingerprint density at radius 3 is 2.45 bits per heavy atom. The third-order valence-electron chi connectivity index (χ3n) is 1.15. The molecule has 0 aliphatic rings. The van der Waals surface area contributed by atoms with Gasteiger partial charge in [0, 0.05) is 5.56 Å². The SMILES string of the molecule is OCc1c(Cl)cc(Cl)nc1Cl. The summed E-state index contributed by atoms with van der Waals surface area (Å²) in [5.41, 5.74) is 0.401. The number of rotatable bonds is 1. The fraction of sp³-hybridized carbons (Fsp3) is 0.167.